The predicted octanol–water partition coefficient (Wildman–Crippen LogP) is 1.08. The number of sulfonamides is 1. The molecule has 0 aromatic carbocycles. The van der Waals surface area contributed by atoms with Crippen molar-refractivity contribution < 1.29 is 18.0 Å². The number of anilines is 1. The van der Waals surface area contributed by atoms with Crippen LogP contribution in [0.4, 0.5) is 10.7 Å². The van der Waals surface area contributed by atoms with E-state index >= 15 is 0 Å². The molecule has 13 heteroatoms. The van der Waals surface area contributed by atoms with Gasteiger partial charge in [-0.1, -0.05) is 0 Å². The van der Waals surface area contributed by atoms with Crippen LogP contribution in [0.15, 0.2) is 41.7 Å². The number of nitrogens with zero attached hydrogens (tertiary/aromatic N) is 5. The number of aromatic nitrogens is 4. The van der Waals surface area contributed by atoms with Crippen LogP contribution in [0, 0.1) is 0 Å². The third-order valence-corrected chi connectivity index (χ3v) is 5.98. The molecule has 0 fully saturated rings. The van der Waals surface area contributed by atoms with Crippen molar-refractivity contribution in [2.24, 2.45) is 0 Å². The maximum Gasteiger partial charge on any atom is 0.322 e. The number of amides is 3. The first kappa shape index (κ1) is 24.1. The Balaban J connectivity index is 1.80. The SMILES string of the molecule is CN(C)C(=O)CNC(=O)Nc1nc2cc(-c3cncc(S(=O)(=O)NC(C)(C)C)c3)ccn2n1. The van der Waals surface area contributed by atoms with E-state index < -0.39 is 21.6 Å². The van der Waals surface area contributed by atoms with E-state index in [1.807, 2.05) is 0 Å². The summed E-state index contributed by atoms with van der Waals surface area (Å²) in [6, 6.07) is 4.33. The molecule has 0 bridgehead atoms. The Bertz CT molecular complexity index is 1290. The molecule has 0 aliphatic carbocycles. The van der Waals surface area contributed by atoms with Crippen LogP contribution in [0.2, 0.25) is 0 Å². The van der Waals surface area contributed by atoms with E-state index in [2.05, 4.69) is 30.4 Å². The van der Waals surface area contributed by atoms with E-state index in [0.29, 0.717) is 16.8 Å². The van der Waals surface area contributed by atoms with E-state index in [0.717, 1.165) is 0 Å². The molecule has 176 valence electrons. The maximum atomic E-state index is 12.6. The molecule has 0 radical (unpaired) electrons. The number of nitrogens with one attached hydrogen (secondary N) is 3. The number of fused-ring (bicyclic) bond motifs is 1. The monoisotopic (exact) mass is 474 g/mol. The Morgan fingerprint density at radius 2 is 1.85 bits per heavy atom. The average molecular weight is 475 g/mol. The van der Waals surface area contributed by atoms with E-state index in [-0.39, 0.29) is 23.3 Å². The number of hydrogen-bond acceptors (Lipinski definition) is 7. The molecular weight excluding hydrogens is 448 g/mol. The molecule has 0 saturated heterocycles. The van der Waals surface area contributed by atoms with Gasteiger partial charge in [-0.05, 0) is 44.5 Å². The molecular formula is C20H26N8O4S. The minimum Gasteiger partial charge on any atom is -0.347 e. The predicted molar refractivity (Wildman–Crippen MR) is 122 cm³/mol. The Labute approximate surface area is 191 Å². The lowest BCUT2D eigenvalue weighted by Crippen LogP contribution is -2.40. The van der Waals surface area contributed by atoms with E-state index in [4.69, 9.17) is 0 Å². The Hall–Kier alpha value is -3.58. The number of hydrogen-bond donors (Lipinski definition) is 3. The molecule has 0 saturated carbocycles. The van der Waals surface area contributed by atoms with Crippen LogP contribution in [-0.2, 0) is 14.8 Å². The molecule has 3 heterocycles. The minimum absolute atomic E-state index is 0.0440. The second-order valence-corrected chi connectivity index (χ2v) is 10.2. The van der Waals surface area contributed by atoms with Gasteiger partial charge in [-0.15, -0.1) is 5.10 Å². The van der Waals surface area contributed by atoms with Crippen molar-refractivity contribution in [1.82, 2.24) is 34.5 Å². The maximum absolute atomic E-state index is 12.6. The van der Waals surface area contributed by atoms with Crippen LogP contribution in [0.25, 0.3) is 16.8 Å². The molecule has 3 rings (SSSR count). The van der Waals surface area contributed by atoms with Gasteiger partial charge < -0.3 is 10.2 Å². The summed E-state index contributed by atoms with van der Waals surface area (Å²) in [5, 5.41) is 9.06. The van der Waals surface area contributed by atoms with Crippen LogP contribution in [0.5, 0.6) is 0 Å². The van der Waals surface area contributed by atoms with Crippen LogP contribution >= 0.6 is 0 Å². The first-order valence-electron chi connectivity index (χ1n) is 9.95. The molecule has 3 aromatic rings. The van der Waals surface area contributed by atoms with E-state index in [9.17, 15) is 18.0 Å². The fourth-order valence-electron chi connectivity index (χ4n) is 2.76. The van der Waals surface area contributed by atoms with Crippen molar-refractivity contribution in [3.63, 3.8) is 0 Å². The summed E-state index contributed by atoms with van der Waals surface area (Å²) in [6.07, 6.45) is 4.46. The minimum atomic E-state index is -3.74. The topological polar surface area (TPSA) is 151 Å². The zero-order valence-corrected chi connectivity index (χ0v) is 19.8. The second kappa shape index (κ2) is 9.11. The van der Waals surface area contributed by atoms with Gasteiger partial charge in [0.25, 0.3) is 5.95 Å². The first-order chi connectivity index (χ1) is 15.3. The summed E-state index contributed by atoms with van der Waals surface area (Å²) in [5.74, 6) is -0.209. The highest BCUT2D eigenvalue weighted by molar-refractivity contribution is 7.89. The van der Waals surface area contributed by atoms with Gasteiger partial charge in [-0.3, -0.25) is 15.1 Å². The molecule has 3 amide bonds. The zero-order valence-electron chi connectivity index (χ0n) is 18.9. The fraction of sp³-hybridized carbons (Fsp3) is 0.350. The Morgan fingerprint density at radius 1 is 1.12 bits per heavy atom. The van der Waals surface area contributed by atoms with Crippen molar-refractivity contribution in [3.05, 3.63) is 36.8 Å². The Kier molecular flexibility index (Phi) is 6.65. The van der Waals surface area contributed by atoms with Crippen molar-refractivity contribution in [3.8, 4) is 11.1 Å². The van der Waals surface area contributed by atoms with Crippen LogP contribution < -0.4 is 15.4 Å². The van der Waals surface area contributed by atoms with E-state index in [1.54, 1.807) is 59.4 Å². The van der Waals surface area contributed by atoms with Gasteiger partial charge in [0, 0.05) is 43.8 Å². The molecule has 3 aromatic heterocycles. The smallest absolute Gasteiger partial charge is 0.322 e. The third kappa shape index (κ3) is 6.23. The van der Waals surface area contributed by atoms with Gasteiger partial charge in [0.1, 0.15) is 4.90 Å². The highest BCUT2D eigenvalue weighted by Gasteiger charge is 2.22. The van der Waals surface area contributed by atoms with Crippen molar-refractivity contribution >= 4 is 33.6 Å². The summed E-state index contributed by atoms with van der Waals surface area (Å²) in [4.78, 5) is 33.3. The fourth-order valence-corrected chi connectivity index (χ4v) is 4.17. The van der Waals surface area contributed by atoms with Crippen LogP contribution in [0.3, 0.4) is 0 Å². The van der Waals surface area contributed by atoms with Gasteiger partial charge in [-0.2, -0.15) is 4.98 Å². The molecule has 12 nitrogen and oxygen atoms in total. The van der Waals surface area contributed by atoms with Gasteiger partial charge in [-0.25, -0.2) is 22.4 Å². The van der Waals surface area contributed by atoms with Crippen molar-refractivity contribution in [2.75, 3.05) is 26.0 Å². The number of rotatable bonds is 6. The van der Waals surface area contributed by atoms with Gasteiger partial charge in [0.05, 0.1) is 6.54 Å². The van der Waals surface area contributed by atoms with Crippen LogP contribution in [-0.4, -0.2) is 71.0 Å². The van der Waals surface area contributed by atoms with Crippen LogP contribution in [0.1, 0.15) is 20.8 Å². The molecule has 0 unspecified atom stereocenters. The van der Waals surface area contributed by atoms with Crippen molar-refractivity contribution in [1.29, 1.82) is 0 Å². The van der Waals surface area contributed by atoms with Gasteiger partial charge in [0.15, 0.2) is 5.65 Å². The summed E-state index contributed by atoms with van der Waals surface area (Å²) >= 11 is 0. The second-order valence-electron chi connectivity index (χ2n) is 8.51. The molecule has 33 heavy (non-hydrogen) atoms. The third-order valence-electron chi connectivity index (χ3n) is 4.26. The summed E-state index contributed by atoms with van der Waals surface area (Å²) in [6.45, 7) is 5.11. The molecule has 0 atom stereocenters. The summed E-state index contributed by atoms with van der Waals surface area (Å²) in [5.41, 5.74) is 1.04. The van der Waals surface area contributed by atoms with Crippen molar-refractivity contribution in [2.45, 2.75) is 31.2 Å². The number of carbonyl (C=O) groups excluding carboxylic acids is 2. The van der Waals surface area contributed by atoms with E-state index in [1.165, 1.54) is 21.7 Å². The molecule has 0 aliphatic rings. The standard InChI is InChI=1S/C20H26N8O4S/c1-20(2,3)26-33(31,32)15-8-14(10-21-11-15)13-6-7-28-16(9-13)23-18(25-28)24-19(30)22-12-17(29)27(4)5/h6-11,26H,12H2,1-5H3,(H2,22,24,25,30). The quantitative estimate of drug-likeness (QED) is 0.483. The number of pyridine rings is 2. The van der Waals surface area contributed by atoms with Gasteiger partial charge >= 0.3 is 6.03 Å². The highest BCUT2D eigenvalue weighted by atomic mass is 32.2. The number of urea groups is 1. The summed E-state index contributed by atoms with van der Waals surface area (Å²) in [7, 11) is -0.568. The zero-order chi connectivity index (χ0) is 24.4. The molecule has 3 N–H and O–H groups in total. The number of likely N-dealkylation sites (N-methyl/N-ethyl adjacent to an activating group) is 1. The lowest BCUT2D eigenvalue weighted by Gasteiger charge is -2.20. The number of carbonyl (C=O) groups is 2. The molecule has 0 aliphatic heterocycles. The average Bonchev–Trinajstić information content (AvgIpc) is 3.11. The normalized spacial score (nSPS) is 11.9. The lowest BCUT2D eigenvalue weighted by atomic mass is 10.1. The Morgan fingerprint density at radius 3 is 2.52 bits per heavy atom. The largest absolute Gasteiger partial charge is 0.347 e. The highest BCUT2D eigenvalue weighted by Crippen LogP contribution is 2.23. The van der Waals surface area contributed by atoms with Gasteiger partial charge in [0.2, 0.25) is 15.9 Å². The first-order valence-corrected chi connectivity index (χ1v) is 11.4. The molecule has 0 spiro atoms. The summed E-state index contributed by atoms with van der Waals surface area (Å²) < 4.78 is 29.3. The lowest BCUT2D eigenvalue weighted by molar-refractivity contribution is -0.127.